The summed E-state index contributed by atoms with van der Waals surface area (Å²) in [5.74, 6) is 3.15. The fraction of sp³-hybridized carbons (Fsp3) is 0.864. The molecule has 0 aromatic rings. The van der Waals surface area contributed by atoms with Gasteiger partial charge in [-0.2, -0.15) is 5.26 Å². The number of hydrogen-bond acceptors (Lipinski definition) is 1. The van der Waals surface area contributed by atoms with Crippen molar-refractivity contribution in [2.45, 2.75) is 89.9 Å². The van der Waals surface area contributed by atoms with Crippen molar-refractivity contribution < 1.29 is 4.39 Å². The van der Waals surface area contributed by atoms with Gasteiger partial charge in [-0.05, 0) is 69.1 Å². The zero-order valence-corrected chi connectivity index (χ0v) is 15.4. The third-order valence-corrected chi connectivity index (χ3v) is 6.39. The Kier molecular flexibility index (Phi) is 9.47. The quantitative estimate of drug-likeness (QED) is 0.329. The van der Waals surface area contributed by atoms with Crippen molar-refractivity contribution >= 4 is 0 Å². The van der Waals surface area contributed by atoms with Gasteiger partial charge in [0.15, 0.2) is 0 Å². The van der Waals surface area contributed by atoms with Crippen molar-refractivity contribution in [2.75, 3.05) is 6.67 Å². The van der Waals surface area contributed by atoms with E-state index in [-0.39, 0.29) is 6.67 Å². The molecule has 0 heterocycles. The molecule has 2 heteroatoms. The van der Waals surface area contributed by atoms with Crippen LogP contribution in [-0.2, 0) is 0 Å². The first-order valence-electron chi connectivity index (χ1n) is 10.4. The number of nitriles is 1. The first kappa shape index (κ1) is 19.5. The predicted octanol–water partition coefficient (Wildman–Crippen LogP) is 6.99. The Labute approximate surface area is 148 Å². The van der Waals surface area contributed by atoms with Crippen molar-refractivity contribution in [3.05, 3.63) is 12.2 Å². The first-order chi connectivity index (χ1) is 11.8. The Bertz CT molecular complexity index is 381. The number of alkyl halides is 1. The number of unbranched alkanes of at least 4 members (excludes halogenated alkanes) is 1. The van der Waals surface area contributed by atoms with E-state index in [4.69, 9.17) is 5.26 Å². The third kappa shape index (κ3) is 7.37. The largest absolute Gasteiger partial charge is 0.251 e. The Morgan fingerprint density at radius 3 is 1.79 bits per heavy atom. The predicted molar refractivity (Wildman–Crippen MR) is 99.3 cm³/mol. The normalized spacial score (nSPS) is 31.2. The molecule has 0 aromatic heterocycles. The molecule has 0 spiro atoms. The SMILES string of the molecule is N#CC1CCC(CCC2CCC(CC/C=C/CCCF)CC2)CC1. The summed E-state index contributed by atoms with van der Waals surface area (Å²) in [7, 11) is 0. The van der Waals surface area contributed by atoms with Crippen LogP contribution in [0.25, 0.3) is 0 Å². The van der Waals surface area contributed by atoms with E-state index >= 15 is 0 Å². The summed E-state index contributed by atoms with van der Waals surface area (Å²) >= 11 is 0. The zero-order chi connectivity index (χ0) is 17.0. The van der Waals surface area contributed by atoms with Crippen molar-refractivity contribution in [1.29, 1.82) is 5.26 Å². The standard InChI is InChI=1S/C22H36FN/c23-17-5-3-1-2-4-6-19-7-9-20(10-8-19)11-12-21-13-15-22(18-24)16-14-21/h1-2,19-22H,3-17H2/b2-1+. The molecule has 0 saturated heterocycles. The third-order valence-electron chi connectivity index (χ3n) is 6.39. The number of hydrogen-bond donors (Lipinski definition) is 0. The molecule has 2 aliphatic carbocycles. The van der Waals surface area contributed by atoms with E-state index in [9.17, 15) is 4.39 Å². The minimum Gasteiger partial charge on any atom is -0.251 e. The summed E-state index contributed by atoms with van der Waals surface area (Å²) in [6, 6.07) is 2.44. The van der Waals surface area contributed by atoms with Gasteiger partial charge in [-0.15, -0.1) is 0 Å². The van der Waals surface area contributed by atoms with Crippen molar-refractivity contribution in [3.63, 3.8) is 0 Å². The molecule has 0 bridgehead atoms. The van der Waals surface area contributed by atoms with Crippen LogP contribution in [0.15, 0.2) is 12.2 Å². The van der Waals surface area contributed by atoms with Gasteiger partial charge < -0.3 is 0 Å². The van der Waals surface area contributed by atoms with Gasteiger partial charge in [0.25, 0.3) is 0 Å². The van der Waals surface area contributed by atoms with E-state index < -0.39 is 0 Å². The zero-order valence-electron chi connectivity index (χ0n) is 15.4. The second-order valence-corrected chi connectivity index (χ2v) is 8.19. The average molecular weight is 334 g/mol. The van der Waals surface area contributed by atoms with E-state index in [1.54, 1.807) is 0 Å². The van der Waals surface area contributed by atoms with Crippen LogP contribution in [0.4, 0.5) is 4.39 Å². The fourth-order valence-corrected chi connectivity index (χ4v) is 4.62. The molecule has 24 heavy (non-hydrogen) atoms. The second-order valence-electron chi connectivity index (χ2n) is 8.19. The molecular formula is C22H36FN. The van der Waals surface area contributed by atoms with Gasteiger partial charge in [-0.25, -0.2) is 0 Å². The molecule has 2 aliphatic rings. The van der Waals surface area contributed by atoms with Gasteiger partial charge >= 0.3 is 0 Å². The lowest BCUT2D eigenvalue weighted by atomic mass is 9.75. The number of rotatable bonds is 9. The van der Waals surface area contributed by atoms with Crippen LogP contribution in [0.2, 0.25) is 0 Å². The summed E-state index contributed by atoms with van der Waals surface area (Å²) in [5, 5.41) is 8.98. The van der Waals surface area contributed by atoms with Crippen molar-refractivity contribution in [1.82, 2.24) is 0 Å². The number of allylic oxidation sites excluding steroid dienone is 2. The summed E-state index contributed by atoms with van der Waals surface area (Å²) in [5.41, 5.74) is 0. The average Bonchev–Trinajstić information content (AvgIpc) is 2.64. The lowest BCUT2D eigenvalue weighted by molar-refractivity contribution is 0.223. The van der Waals surface area contributed by atoms with Crippen LogP contribution < -0.4 is 0 Å². The van der Waals surface area contributed by atoms with Gasteiger partial charge in [-0.3, -0.25) is 4.39 Å². The smallest absolute Gasteiger partial charge is 0.0897 e. The van der Waals surface area contributed by atoms with Crippen LogP contribution in [0, 0.1) is 35.0 Å². The van der Waals surface area contributed by atoms with Crippen LogP contribution in [0.1, 0.15) is 89.9 Å². The van der Waals surface area contributed by atoms with E-state index in [0.29, 0.717) is 12.3 Å². The highest BCUT2D eigenvalue weighted by atomic mass is 19.1. The molecule has 2 rings (SSSR count). The molecule has 0 aromatic carbocycles. The highest BCUT2D eigenvalue weighted by Crippen LogP contribution is 2.37. The molecule has 136 valence electrons. The number of nitrogens with zero attached hydrogens (tertiary/aromatic N) is 1. The molecule has 1 nitrogen and oxygen atoms in total. The van der Waals surface area contributed by atoms with Crippen LogP contribution >= 0.6 is 0 Å². The number of halogens is 1. The Balaban J connectivity index is 1.50. The second kappa shape index (κ2) is 11.7. The lowest BCUT2D eigenvalue weighted by Gasteiger charge is -2.30. The van der Waals surface area contributed by atoms with Gasteiger partial charge in [0, 0.05) is 5.92 Å². The van der Waals surface area contributed by atoms with Crippen LogP contribution in [0.3, 0.4) is 0 Å². The molecule has 0 aliphatic heterocycles. The Morgan fingerprint density at radius 1 is 0.750 bits per heavy atom. The molecule has 2 fully saturated rings. The summed E-state index contributed by atoms with van der Waals surface area (Å²) < 4.78 is 12.0. The van der Waals surface area contributed by atoms with Gasteiger partial charge in [-0.1, -0.05) is 50.7 Å². The fourth-order valence-electron chi connectivity index (χ4n) is 4.62. The molecule has 0 radical (unpaired) electrons. The monoisotopic (exact) mass is 333 g/mol. The molecule has 0 amide bonds. The molecule has 2 saturated carbocycles. The lowest BCUT2D eigenvalue weighted by Crippen LogP contribution is -2.17. The van der Waals surface area contributed by atoms with Crippen LogP contribution in [0.5, 0.6) is 0 Å². The topological polar surface area (TPSA) is 23.8 Å². The Morgan fingerprint density at radius 2 is 1.25 bits per heavy atom. The minimum atomic E-state index is -0.186. The maximum absolute atomic E-state index is 12.0. The highest BCUT2D eigenvalue weighted by molar-refractivity contribution is 4.87. The highest BCUT2D eigenvalue weighted by Gasteiger charge is 2.24. The summed E-state index contributed by atoms with van der Waals surface area (Å²) in [6.07, 6.45) is 21.9. The van der Waals surface area contributed by atoms with Gasteiger partial charge in [0.1, 0.15) is 0 Å². The molecule has 0 unspecified atom stereocenters. The van der Waals surface area contributed by atoms with E-state index in [1.165, 1.54) is 64.2 Å². The molecular weight excluding hydrogens is 297 g/mol. The first-order valence-corrected chi connectivity index (χ1v) is 10.4. The van der Waals surface area contributed by atoms with Crippen molar-refractivity contribution in [2.24, 2.45) is 23.7 Å². The minimum absolute atomic E-state index is 0.186. The van der Waals surface area contributed by atoms with Gasteiger partial charge in [0.2, 0.25) is 0 Å². The van der Waals surface area contributed by atoms with Crippen LogP contribution in [-0.4, -0.2) is 6.67 Å². The van der Waals surface area contributed by atoms with E-state index in [2.05, 4.69) is 18.2 Å². The molecule has 0 atom stereocenters. The van der Waals surface area contributed by atoms with E-state index in [0.717, 1.165) is 37.0 Å². The van der Waals surface area contributed by atoms with Crippen molar-refractivity contribution in [3.8, 4) is 6.07 Å². The maximum Gasteiger partial charge on any atom is 0.0897 e. The van der Waals surface area contributed by atoms with E-state index in [1.807, 2.05) is 0 Å². The molecule has 0 N–H and O–H groups in total. The summed E-state index contributed by atoms with van der Waals surface area (Å²) in [4.78, 5) is 0. The maximum atomic E-state index is 12.0. The summed E-state index contributed by atoms with van der Waals surface area (Å²) in [6.45, 7) is -0.186. The Hall–Kier alpha value is -0.840. The van der Waals surface area contributed by atoms with Gasteiger partial charge in [0.05, 0.1) is 12.7 Å².